The molecule has 0 fully saturated rings. The second-order valence-corrected chi connectivity index (χ2v) is 8.11. The predicted molar refractivity (Wildman–Crippen MR) is 120 cm³/mol. The molecule has 3 heteroatoms. The lowest BCUT2D eigenvalue weighted by molar-refractivity contribution is -0.117. The van der Waals surface area contributed by atoms with Crippen LogP contribution in [0.1, 0.15) is 48.7 Å². The first-order valence-corrected chi connectivity index (χ1v) is 9.87. The van der Waals surface area contributed by atoms with Gasteiger partial charge in [0.05, 0.1) is 0 Å². The molecule has 146 valence electrons. The van der Waals surface area contributed by atoms with Gasteiger partial charge in [0.25, 0.3) is 0 Å². The average Bonchev–Trinajstić information content (AvgIpc) is 2.91. The molecule has 0 aliphatic heterocycles. The molecule has 1 heterocycles. The molecule has 28 heavy (non-hydrogen) atoms. The quantitative estimate of drug-likeness (QED) is 0.541. The third-order valence-electron chi connectivity index (χ3n) is 5.38. The second-order valence-electron chi connectivity index (χ2n) is 8.11. The molecule has 3 rings (SSSR count). The molecule has 0 saturated carbocycles. The van der Waals surface area contributed by atoms with E-state index in [1.54, 1.807) is 0 Å². The van der Waals surface area contributed by atoms with Gasteiger partial charge in [0, 0.05) is 28.2 Å². The van der Waals surface area contributed by atoms with Gasteiger partial charge in [-0.2, -0.15) is 0 Å². The number of H-pyrrole nitrogens is 1. The number of amides is 1. The molecule has 3 aromatic rings. The Hall–Kier alpha value is -2.81. The van der Waals surface area contributed by atoms with Gasteiger partial charge in [-0.05, 0) is 100 Å². The summed E-state index contributed by atoms with van der Waals surface area (Å²) in [6.45, 7) is 14.3. The van der Waals surface area contributed by atoms with Gasteiger partial charge in [0.15, 0.2) is 0 Å². The van der Waals surface area contributed by atoms with Gasteiger partial charge in [0.2, 0.25) is 5.91 Å². The van der Waals surface area contributed by atoms with Crippen LogP contribution in [0.15, 0.2) is 35.9 Å². The number of aryl methyl sites for hydroxylation is 4. The van der Waals surface area contributed by atoms with Gasteiger partial charge in [-0.25, -0.2) is 0 Å². The van der Waals surface area contributed by atoms with Crippen molar-refractivity contribution in [1.29, 1.82) is 0 Å². The van der Waals surface area contributed by atoms with Crippen molar-refractivity contribution in [3.63, 3.8) is 0 Å². The van der Waals surface area contributed by atoms with Crippen molar-refractivity contribution in [3.8, 4) is 11.1 Å². The minimum atomic E-state index is -0.0140. The van der Waals surface area contributed by atoms with Crippen LogP contribution in [0.5, 0.6) is 0 Å². The number of carbonyl (C=O) groups is 1. The molecule has 0 aliphatic rings. The van der Waals surface area contributed by atoms with Crippen molar-refractivity contribution in [2.45, 2.75) is 54.5 Å². The lowest BCUT2D eigenvalue weighted by Gasteiger charge is -2.13. The standard InChI is InChI=1S/C25H30N2O/c1-14(2)26-25(28)17(5)11-21-10-16(4)22(12-15(21)3)20-8-9-24-23(13-20)18(6)19(7)27-24/h8-14,27H,1-7H3,(H,26,28)/b17-11+. The van der Waals surface area contributed by atoms with Gasteiger partial charge >= 0.3 is 0 Å². The van der Waals surface area contributed by atoms with Crippen LogP contribution >= 0.6 is 0 Å². The largest absolute Gasteiger partial charge is 0.358 e. The number of hydrogen-bond donors (Lipinski definition) is 2. The van der Waals surface area contributed by atoms with Crippen LogP contribution < -0.4 is 5.32 Å². The molecule has 0 atom stereocenters. The maximum atomic E-state index is 12.2. The summed E-state index contributed by atoms with van der Waals surface area (Å²) < 4.78 is 0. The summed E-state index contributed by atoms with van der Waals surface area (Å²) in [6.07, 6.45) is 1.98. The van der Waals surface area contributed by atoms with Crippen LogP contribution in [0.25, 0.3) is 28.1 Å². The molecule has 0 radical (unpaired) electrons. The number of fused-ring (bicyclic) bond motifs is 1. The van der Waals surface area contributed by atoms with Crippen molar-refractivity contribution in [2.75, 3.05) is 0 Å². The molecule has 0 aliphatic carbocycles. The van der Waals surface area contributed by atoms with E-state index in [1.807, 2.05) is 26.8 Å². The van der Waals surface area contributed by atoms with E-state index in [-0.39, 0.29) is 11.9 Å². The van der Waals surface area contributed by atoms with Crippen molar-refractivity contribution in [1.82, 2.24) is 10.3 Å². The van der Waals surface area contributed by atoms with Gasteiger partial charge in [0.1, 0.15) is 0 Å². The summed E-state index contributed by atoms with van der Waals surface area (Å²) >= 11 is 0. The zero-order valence-corrected chi connectivity index (χ0v) is 17.9. The summed E-state index contributed by atoms with van der Waals surface area (Å²) in [5.41, 5.74) is 10.3. The number of hydrogen-bond acceptors (Lipinski definition) is 1. The fraction of sp³-hybridized carbons (Fsp3) is 0.320. The average molecular weight is 375 g/mol. The van der Waals surface area contributed by atoms with E-state index in [1.165, 1.54) is 44.4 Å². The van der Waals surface area contributed by atoms with Crippen molar-refractivity contribution >= 4 is 22.9 Å². The van der Waals surface area contributed by atoms with E-state index in [4.69, 9.17) is 0 Å². The van der Waals surface area contributed by atoms with E-state index in [2.05, 4.69) is 68.3 Å². The van der Waals surface area contributed by atoms with Crippen molar-refractivity contribution < 1.29 is 4.79 Å². The molecule has 1 aromatic heterocycles. The second kappa shape index (κ2) is 7.67. The fourth-order valence-electron chi connectivity index (χ4n) is 3.61. The number of aromatic amines is 1. The lowest BCUT2D eigenvalue weighted by Crippen LogP contribution is -2.30. The Morgan fingerprint density at radius 1 is 1.04 bits per heavy atom. The minimum absolute atomic E-state index is 0.0140. The highest BCUT2D eigenvalue weighted by Crippen LogP contribution is 2.31. The first kappa shape index (κ1) is 19.9. The normalized spacial score (nSPS) is 12.1. The zero-order valence-electron chi connectivity index (χ0n) is 17.9. The van der Waals surface area contributed by atoms with Gasteiger partial charge < -0.3 is 10.3 Å². The monoisotopic (exact) mass is 374 g/mol. The van der Waals surface area contributed by atoms with Crippen LogP contribution in [0.2, 0.25) is 0 Å². The van der Waals surface area contributed by atoms with Crippen LogP contribution in [-0.4, -0.2) is 16.9 Å². The number of rotatable bonds is 4. The molecule has 0 bridgehead atoms. The first-order chi connectivity index (χ1) is 13.2. The van der Waals surface area contributed by atoms with E-state index >= 15 is 0 Å². The van der Waals surface area contributed by atoms with Crippen LogP contribution in [0.4, 0.5) is 0 Å². The predicted octanol–water partition coefficient (Wildman–Crippen LogP) is 6.00. The van der Waals surface area contributed by atoms with Crippen LogP contribution in [0, 0.1) is 27.7 Å². The third-order valence-corrected chi connectivity index (χ3v) is 5.38. The Bertz CT molecular complexity index is 1080. The summed E-state index contributed by atoms with van der Waals surface area (Å²) in [7, 11) is 0. The molecule has 0 unspecified atom stereocenters. The Morgan fingerprint density at radius 2 is 1.75 bits per heavy atom. The Morgan fingerprint density at radius 3 is 2.43 bits per heavy atom. The Kier molecular flexibility index (Phi) is 5.46. The maximum absolute atomic E-state index is 12.2. The molecule has 3 nitrogen and oxygen atoms in total. The number of nitrogens with one attached hydrogen (secondary N) is 2. The van der Waals surface area contributed by atoms with Crippen molar-refractivity contribution in [2.24, 2.45) is 0 Å². The maximum Gasteiger partial charge on any atom is 0.247 e. The molecule has 2 aromatic carbocycles. The molecule has 2 N–H and O–H groups in total. The molecular weight excluding hydrogens is 344 g/mol. The third kappa shape index (κ3) is 3.89. The molecule has 0 spiro atoms. The molecular formula is C25H30N2O. The summed E-state index contributed by atoms with van der Waals surface area (Å²) in [6, 6.07) is 11.1. The van der Waals surface area contributed by atoms with Gasteiger partial charge in [-0.3, -0.25) is 4.79 Å². The highest BCUT2D eigenvalue weighted by molar-refractivity contribution is 5.97. The number of aromatic nitrogens is 1. The van der Waals surface area contributed by atoms with Gasteiger partial charge in [-0.15, -0.1) is 0 Å². The van der Waals surface area contributed by atoms with Crippen LogP contribution in [0.3, 0.4) is 0 Å². The Labute approximate surface area is 167 Å². The fourth-order valence-corrected chi connectivity index (χ4v) is 3.61. The summed E-state index contributed by atoms with van der Waals surface area (Å²) in [5.74, 6) is -0.0140. The lowest BCUT2D eigenvalue weighted by atomic mass is 9.93. The Balaban J connectivity index is 2.00. The molecule has 0 saturated heterocycles. The number of carbonyl (C=O) groups excluding carboxylic acids is 1. The minimum Gasteiger partial charge on any atom is -0.358 e. The zero-order chi connectivity index (χ0) is 20.6. The van der Waals surface area contributed by atoms with Crippen LogP contribution in [-0.2, 0) is 4.79 Å². The van der Waals surface area contributed by atoms with E-state index in [0.29, 0.717) is 0 Å². The van der Waals surface area contributed by atoms with E-state index < -0.39 is 0 Å². The SMILES string of the molecule is C/C(=C\c1cc(C)c(-c2ccc3[nH]c(C)c(C)c3c2)cc1C)C(=O)NC(C)C. The highest BCUT2D eigenvalue weighted by Gasteiger charge is 2.11. The highest BCUT2D eigenvalue weighted by atomic mass is 16.1. The van der Waals surface area contributed by atoms with Gasteiger partial charge in [-0.1, -0.05) is 18.2 Å². The molecule has 1 amide bonds. The smallest absolute Gasteiger partial charge is 0.247 e. The topological polar surface area (TPSA) is 44.9 Å². The van der Waals surface area contributed by atoms with E-state index in [0.717, 1.165) is 11.1 Å². The number of benzene rings is 2. The first-order valence-electron chi connectivity index (χ1n) is 9.87. The summed E-state index contributed by atoms with van der Waals surface area (Å²) in [4.78, 5) is 15.7. The van der Waals surface area contributed by atoms with E-state index in [9.17, 15) is 4.79 Å². The summed E-state index contributed by atoms with van der Waals surface area (Å²) in [5, 5.41) is 4.22. The van der Waals surface area contributed by atoms with Crippen molar-refractivity contribution in [3.05, 3.63) is 63.9 Å².